The molecule has 0 spiro atoms. The predicted molar refractivity (Wildman–Crippen MR) is 101 cm³/mol. The minimum Gasteiger partial charge on any atom is -0.337 e. The second kappa shape index (κ2) is 7.87. The van der Waals surface area contributed by atoms with Crippen molar-refractivity contribution < 1.29 is 9.32 Å². The van der Waals surface area contributed by atoms with E-state index in [0.717, 1.165) is 29.2 Å². The molecule has 2 heterocycles. The number of carbonyl (C=O) groups is 1. The molecule has 0 saturated heterocycles. The number of rotatable bonds is 7. The molecule has 3 aromatic rings. The van der Waals surface area contributed by atoms with E-state index in [1.165, 1.54) is 11.3 Å². The number of hydrogen-bond acceptors (Lipinski definition) is 6. The van der Waals surface area contributed by atoms with Crippen molar-refractivity contribution in [3.05, 3.63) is 64.2 Å². The summed E-state index contributed by atoms with van der Waals surface area (Å²) in [4.78, 5) is 23.4. The normalized spacial score (nSPS) is 14.7. The van der Waals surface area contributed by atoms with Crippen LogP contribution in [-0.4, -0.2) is 26.1 Å². The fraction of sp³-hybridized carbons (Fsp3) is 0.368. The number of hydrogen-bond donors (Lipinski definition) is 1. The number of nitrogens with one attached hydrogen (secondary N) is 1. The number of thiazole rings is 1. The topological polar surface area (TPSA) is 84.2 Å². The highest BCUT2D eigenvalue weighted by Gasteiger charge is 2.30. The third-order valence-corrected chi connectivity index (χ3v) is 5.19. The highest BCUT2D eigenvalue weighted by molar-refractivity contribution is 7.09. The van der Waals surface area contributed by atoms with E-state index < -0.39 is 0 Å². The van der Waals surface area contributed by atoms with E-state index in [-0.39, 0.29) is 12.1 Å². The molecule has 2 amide bonds. The molecule has 7 nitrogen and oxygen atoms in total. The van der Waals surface area contributed by atoms with E-state index in [4.69, 9.17) is 4.52 Å². The Morgan fingerprint density at radius 2 is 2.15 bits per heavy atom. The lowest BCUT2D eigenvalue weighted by Crippen LogP contribution is -2.40. The Morgan fingerprint density at radius 3 is 2.85 bits per heavy atom. The summed E-state index contributed by atoms with van der Waals surface area (Å²) in [5, 5.41) is 9.79. The molecule has 1 atom stereocenters. The maximum absolute atomic E-state index is 12.9. The first-order valence-corrected chi connectivity index (χ1v) is 9.88. The molecule has 4 rings (SSSR count). The lowest BCUT2D eigenvalue weighted by Gasteiger charge is -2.23. The Labute approximate surface area is 161 Å². The van der Waals surface area contributed by atoms with Gasteiger partial charge in [-0.1, -0.05) is 35.5 Å². The van der Waals surface area contributed by atoms with Crippen molar-refractivity contribution in [2.45, 2.75) is 44.8 Å². The van der Waals surface area contributed by atoms with E-state index in [1.54, 1.807) is 11.1 Å². The third kappa shape index (κ3) is 4.51. The average molecular weight is 383 g/mol. The smallest absolute Gasteiger partial charge is 0.318 e. The van der Waals surface area contributed by atoms with Crippen LogP contribution in [0.4, 0.5) is 4.79 Å². The zero-order valence-electron chi connectivity index (χ0n) is 15.0. The first-order chi connectivity index (χ1) is 13.2. The summed E-state index contributed by atoms with van der Waals surface area (Å²) in [6.45, 7) is 2.80. The second-order valence-corrected chi connectivity index (χ2v) is 7.68. The number of benzene rings is 1. The van der Waals surface area contributed by atoms with E-state index in [0.29, 0.717) is 24.9 Å². The summed E-state index contributed by atoms with van der Waals surface area (Å²) in [7, 11) is 0. The van der Waals surface area contributed by atoms with Crippen LogP contribution in [0, 0.1) is 0 Å². The number of urea groups is 1. The maximum atomic E-state index is 12.9. The van der Waals surface area contributed by atoms with Crippen molar-refractivity contribution in [1.82, 2.24) is 25.3 Å². The molecule has 1 fully saturated rings. The van der Waals surface area contributed by atoms with Crippen LogP contribution >= 0.6 is 11.3 Å². The summed E-state index contributed by atoms with van der Waals surface area (Å²) in [6, 6.07) is 9.37. The van der Waals surface area contributed by atoms with Crippen LogP contribution in [0.2, 0.25) is 0 Å². The molecule has 0 aliphatic heterocycles. The van der Waals surface area contributed by atoms with Crippen molar-refractivity contribution in [3.63, 3.8) is 0 Å². The van der Waals surface area contributed by atoms with Crippen molar-refractivity contribution in [1.29, 1.82) is 0 Å². The van der Waals surface area contributed by atoms with Crippen LogP contribution in [0.25, 0.3) is 0 Å². The van der Waals surface area contributed by atoms with Crippen molar-refractivity contribution in [2.24, 2.45) is 0 Å². The maximum Gasteiger partial charge on any atom is 0.318 e. The number of carbonyl (C=O) groups excluding carboxylic acids is 1. The summed E-state index contributed by atoms with van der Waals surface area (Å²) >= 11 is 1.53. The monoisotopic (exact) mass is 383 g/mol. The van der Waals surface area contributed by atoms with Gasteiger partial charge < -0.3 is 14.7 Å². The van der Waals surface area contributed by atoms with E-state index in [9.17, 15) is 4.79 Å². The SMILES string of the molecule is C[C@H](NC(=O)N(Cc1ccccc1)Cc1nccs1)c1nc(C2CC2)no1. The molecule has 140 valence electrons. The molecule has 1 aliphatic carbocycles. The van der Waals surface area contributed by atoms with E-state index in [2.05, 4.69) is 20.4 Å². The van der Waals surface area contributed by atoms with Gasteiger partial charge in [-0.25, -0.2) is 9.78 Å². The zero-order chi connectivity index (χ0) is 18.6. The minimum atomic E-state index is -0.355. The first kappa shape index (κ1) is 17.7. The molecule has 0 unspecified atom stereocenters. The van der Waals surface area contributed by atoms with Gasteiger partial charge in [0.25, 0.3) is 0 Å². The predicted octanol–water partition coefficient (Wildman–Crippen LogP) is 3.88. The van der Waals surface area contributed by atoms with Crippen LogP contribution in [0.1, 0.15) is 54.0 Å². The standard InChI is InChI=1S/C19H21N5O2S/c1-13(18-22-17(23-26-18)15-7-8-15)21-19(25)24(12-16-20-9-10-27-16)11-14-5-3-2-4-6-14/h2-6,9-10,13,15H,7-8,11-12H2,1H3,(H,21,25)/t13-/m0/s1. The van der Waals surface area contributed by atoms with Gasteiger partial charge in [0, 0.05) is 24.0 Å². The molecular formula is C19H21N5O2S. The number of aromatic nitrogens is 3. The fourth-order valence-corrected chi connectivity index (χ4v) is 3.40. The van der Waals surface area contributed by atoms with Crippen LogP contribution in [0.15, 0.2) is 46.4 Å². The Morgan fingerprint density at radius 1 is 1.33 bits per heavy atom. The molecule has 1 saturated carbocycles. The van der Waals surface area contributed by atoms with Crippen molar-refractivity contribution in [2.75, 3.05) is 0 Å². The molecular weight excluding hydrogens is 362 g/mol. The van der Waals surface area contributed by atoms with Crippen LogP contribution in [0.5, 0.6) is 0 Å². The van der Waals surface area contributed by atoms with Crippen LogP contribution < -0.4 is 5.32 Å². The Kier molecular flexibility index (Phi) is 5.15. The van der Waals surface area contributed by atoms with E-state index >= 15 is 0 Å². The molecule has 0 bridgehead atoms. The summed E-state index contributed by atoms with van der Waals surface area (Å²) < 4.78 is 5.33. The Bertz CT molecular complexity index is 877. The average Bonchev–Trinajstić information content (AvgIpc) is 3.18. The molecule has 2 aromatic heterocycles. The quantitative estimate of drug-likeness (QED) is 0.669. The summed E-state index contributed by atoms with van der Waals surface area (Å²) in [6.07, 6.45) is 3.97. The van der Waals surface area contributed by atoms with Gasteiger partial charge in [0.2, 0.25) is 5.89 Å². The number of amides is 2. The summed E-state index contributed by atoms with van der Waals surface area (Å²) in [5.74, 6) is 1.61. The largest absolute Gasteiger partial charge is 0.337 e. The zero-order valence-corrected chi connectivity index (χ0v) is 15.9. The van der Waals surface area contributed by atoms with E-state index in [1.807, 2.05) is 42.6 Å². The van der Waals surface area contributed by atoms with Gasteiger partial charge in [-0.05, 0) is 25.3 Å². The van der Waals surface area contributed by atoms with Gasteiger partial charge >= 0.3 is 6.03 Å². The Hall–Kier alpha value is -2.74. The summed E-state index contributed by atoms with van der Waals surface area (Å²) in [5.41, 5.74) is 1.06. The first-order valence-electron chi connectivity index (χ1n) is 9.00. The molecule has 1 aliphatic rings. The van der Waals surface area contributed by atoms with Gasteiger partial charge in [0.15, 0.2) is 5.82 Å². The van der Waals surface area contributed by atoms with Crippen molar-refractivity contribution >= 4 is 17.4 Å². The minimum absolute atomic E-state index is 0.187. The Balaban J connectivity index is 1.44. The van der Waals surface area contributed by atoms with Crippen molar-refractivity contribution in [3.8, 4) is 0 Å². The molecule has 8 heteroatoms. The van der Waals surface area contributed by atoms with Gasteiger partial charge in [-0.3, -0.25) is 0 Å². The molecule has 27 heavy (non-hydrogen) atoms. The lowest BCUT2D eigenvalue weighted by molar-refractivity contribution is 0.186. The van der Waals surface area contributed by atoms with Crippen LogP contribution in [0.3, 0.4) is 0 Å². The lowest BCUT2D eigenvalue weighted by atomic mass is 10.2. The van der Waals surface area contributed by atoms with Gasteiger partial charge in [0.05, 0.1) is 6.54 Å². The number of nitrogens with zero attached hydrogens (tertiary/aromatic N) is 4. The highest BCUT2D eigenvalue weighted by Crippen LogP contribution is 2.38. The molecule has 1 aromatic carbocycles. The van der Waals surface area contributed by atoms with Crippen LogP contribution in [-0.2, 0) is 13.1 Å². The fourth-order valence-electron chi connectivity index (χ4n) is 2.77. The molecule has 1 N–H and O–H groups in total. The van der Waals surface area contributed by atoms with Gasteiger partial charge in [-0.2, -0.15) is 4.98 Å². The highest BCUT2D eigenvalue weighted by atomic mass is 32.1. The van der Waals surface area contributed by atoms with Gasteiger partial charge in [0.1, 0.15) is 11.0 Å². The second-order valence-electron chi connectivity index (χ2n) is 6.70. The third-order valence-electron chi connectivity index (χ3n) is 4.42. The molecule has 0 radical (unpaired) electrons. The van der Waals surface area contributed by atoms with Gasteiger partial charge in [-0.15, -0.1) is 11.3 Å².